The van der Waals surface area contributed by atoms with Gasteiger partial charge >= 0.3 is 6.18 Å². The van der Waals surface area contributed by atoms with Crippen molar-refractivity contribution in [2.75, 3.05) is 57.8 Å². The molecule has 1 unspecified atom stereocenters. The van der Waals surface area contributed by atoms with Crippen molar-refractivity contribution >= 4 is 21.8 Å². The molecule has 1 aromatic heterocycles. The highest BCUT2D eigenvalue weighted by Gasteiger charge is 2.35. The van der Waals surface area contributed by atoms with E-state index in [1.54, 1.807) is 10.7 Å². The van der Waals surface area contributed by atoms with Crippen LogP contribution in [-0.4, -0.2) is 101 Å². The smallest absolute Gasteiger partial charge is 0.390 e. The summed E-state index contributed by atoms with van der Waals surface area (Å²) in [7, 11) is -3.50. The molecule has 1 atom stereocenters. The number of piperidine rings is 1. The Morgan fingerprint density at radius 2 is 1.70 bits per heavy atom. The fourth-order valence-electron chi connectivity index (χ4n) is 7.18. The monoisotopic (exact) mass is 691 g/mol. The van der Waals surface area contributed by atoms with Crippen molar-refractivity contribution < 1.29 is 26.7 Å². The van der Waals surface area contributed by atoms with Gasteiger partial charge in [0.1, 0.15) is 0 Å². The normalized spacial score (nSPS) is 19.7. The van der Waals surface area contributed by atoms with Crippen LogP contribution in [0.2, 0.25) is 0 Å². The number of aliphatic hydroxyl groups is 1. The minimum absolute atomic E-state index is 0.0883. The maximum absolute atomic E-state index is 14.1. The van der Waals surface area contributed by atoms with Gasteiger partial charge in [-0.2, -0.15) is 22.6 Å². The molecular weight excluding hydrogens is 648 g/mol. The lowest BCUT2D eigenvalue weighted by atomic mass is 9.89. The first-order valence-electron chi connectivity index (χ1n) is 16.5. The zero-order chi connectivity index (χ0) is 33.2. The third kappa shape index (κ3) is 8.42. The first-order chi connectivity index (χ1) is 22.5. The summed E-state index contributed by atoms with van der Waals surface area (Å²) < 4.78 is 70.4. The van der Waals surface area contributed by atoms with E-state index in [-0.39, 0.29) is 24.5 Å². The van der Waals surface area contributed by atoms with Crippen molar-refractivity contribution in [1.29, 1.82) is 0 Å². The summed E-state index contributed by atoms with van der Waals surface area (Å²) in [6.07, 6.45) is 0.638. The van der Waals surface area contributed by atoms with E-state index in [1.165, 1.54) is 34.0 Å². The topological polar surface area (TPSA) is 81.9 Å². The molecule has 3 aliphatic heterocycles. The second kappa shape index (κ2) is 14.6. The highest BCUT2D eigenvalue weighted by atomic mass is 32.2. The second-order valence-corrected chi connectivity index (χ2v) is 16.2. The summed E-state index contributed by atoms with van der Waals surface area (Å²) in [5.74, 6) is 1.05. The molecule has 0 bridgehead atoms. The van der Waals surface area contributed by atoms with Gasteiger partial charge in [-0.05, 0) is 75.5 Å². The quantitative estimate of drug-likeness (QED) is 0.273. The van der Waals surface area contributed by atoms with Crippen molar-refractivity contribution in [1.82, 2.24) is 23.9 Å². The number of alkyl halides is 3. The molecule has 0 amide bonds. The molecule has 256 valence electrons. The molecule has 2 saturated heterocycles. The molecule has 6 rings (SSSR count). The van der Waals surface area contributed by atoms with Crippen LogP contribution in [0.1, 0.15) is 54.0 Å². The van der Waals surface area contributed by atoms with Gasteiger partial charge in [-0.15, -0.1) is 11.8 Å². The van der Waals surface area contributed by atoms with Crippen LogP contribution in [0, 0.1) is 0 Å². The lowest BCUT2D eigenvalue weighted by Crippen LogP contribution is -2.40. The average Bonchev–Trinajstić information content (AvgIpc) is 3.69. The minimum Gasteiger partial charge on any atom is -0.390 e. The molecule has 3 aromatic rings. The van der Waals surface area contributed by atoms with E-state index in [1.807, 2.05) is 6.07 Å². The van der Waals surface area contributed by atoms with E-state index >= 15 is 0 Å². The number of hydrogen-bond acceptors (Lipinski definition) is 7. The number of rotatable bonds is 11. The summed E-state index contributed by atoms with van der Waals surface area (Å²) in [6.45, 7) is 5.52. The number of likely N-dealkylation sites (tertiary alicyclic amines) is 2. The minimum atomic E-state index is -4.50. The van der Waals surface area contributed by atoms with Crippen LogP contribution in [0.5, 0.6) is 0 Å². The molecule has 2 fully saturated rings. The summed E-state index contributed by atoms with van der Waals surface area (Å²) in [4.78, 5) is 4.69. The zero-order valence-corrected chi connectivity index (χ0v) is 28.5. The first-order valence-corrected chi connectivity index (χ1v) is 19.3. The van der Waals surface area contributed by atoms with Crippen molar-refractivity contribution in [3.05, 3.63) is 70.9 Å². The maximum Gasteiger partial charge on any atom is 0.417 e. The van der Waals surface area contributed by atoms with Crippen molar-refractivity contribution in [2.24, 2.45) is 0 Å². The Hall–Kier alpha value is -2.42. The van der Waals surface area contributed by atoms with Crippen molar-refractivity contribution in [2.45, 2.75) is 68.3 Å². The Morgan fingerprint density at radius 3 is 2.38 bits per heavy atom. The van der Waals surface area contributed by atoms with E-state index < -0.39 is 27.9 Å². The summed E-state index contributed by atoms with van der Waals surface area (Å²) in [5.41, 5.74) is 3.17. The van der Waals surface area contributed by atoms with E-state index in [4.69, 9.17) is 5.10 Å². The number of fused-ring (bicyclic) bond motifs is 1. The number of nitrogens with zero attached hydrogens (tertiary/aromatic N) is 5. The Balaban J connectivity index is 1.22. The summed E-state index contributed by atoms with van der Waals surface area (Å²) in [5, 5.41) is 16.1. The largest absolute Gasteiger partial charge is 0.417 e. The van der Waals surface area contributed by atoms with Gasteiger partial charge in [0, 0.05) is 60.1 Å². The van der Waals surface area contributed by atoms with E-state index in [2.05, 4.69) is 34.1 Å². The zero-order valence-electron chi connectivity index (χ0n) is 26.8. The van der Waals surface area contributed by atoms with Crippen LogP contribution in [0.4, 0.5) is 13.2 Å². The van der Waals surface area contributed by atoms with Gasteiger partial charge in [0.25, 0.3) is 0 Å². The lowest BCUT2D eigenvalue weighted by Gasteiger charge is -2.33. The van der Waals surface area contributed by atoms with Crippen LogP contribution in [0.15, 0.2) is 53.4 Å². The van der Waals surface area contributed by atoms with E-state index in [9.17, 15) is 26.7 Å². The number of β-amino-alcohol motifs (C(OH)–C–C–N with tert-alkyl or cyclic N) is 1. The average molecular weight is 692 g/mol. The van der Waals surface area contributed by atoms with Crippen LogP contribution >= 0.6 is 11.8 Å². The molecule has 0 spiro atoms. The Morgan fingerprint density at radius 1 is 0.979 bits per heavy atom. The highest BCUT2D eigenvalue weighted by Crippen LogP contribution is 2.40. The van der Waals surface area contributed by atoms with Crippen LogP contribution in [-0.2, 0) is 35.7 Å². The molecule has 3 aliphatic rings. The summed E-state index contributed by atoms with van der Waals surface area (Å²) in [6, 6.07) is 14.6. The fraction of sp³-hybridized carbons (Fsp3) is 0.559. The molecule has 4 heterocycles. The Bertz CT molecular complexity index is 1620. The molecular formula is C34H44F3N5O3S2. The predicted octanol–water partition coefficient (Wildman–Crippen LogP) is 5.32. The van der Waals surface area contributed by atoms with Gasteiger partial charge in [0.2, 0.25) is 10.0 Å². The molecule has 0 radical (unpaired) electrons. The molecule has 0 aliphatic carbocycles. The SMILES string of the molecule is CS(=O)(=O)N1CCc2c(c(-c3ccc(C(F)(F)F)c(SCCN4CCCC4)c3)nn2CC(O)CN2CCC(c3ccccc3)CC2)C1. The Kier molecular flexibility index (Phi) is 10.7. The number of benzene rings is 2. The number of hydrogen-bond donors (Lipinski definition) is 1. The van der Waals surface area contributed by atoms with Crippen LogP contribution < -0.4 is 0 Å². The number of thioether (sulfide) groups is 1. The third-order valence-electron chi connectivity index (χ3n) is 9.70. The van der Waals surface area contributed by atoms with E-state index in [0.717, 1.165) is 70.2 Å². The predicted molar refractivity (Wildman–Crippen MR) is 179 cm³/mol. The number of aromatic nitrogens is 2. The van der Waals surface area contributed by atoms with E-state index in [0.29, 0.717) is 41.5 Å². The Labute approximate surface area is 280 Å². The molecule has 47 heavy (non-hydrogen) atoms. The van der Waals surface area contributed by atoms with Gasteiger partial charge < -0.3 is 14.9 Å². The molecule has 2 aromatic carbocycles. The van der Waals surface area contributed by atoms with Gasteiger partial charge in [0.05, 0.1) is 30.2 Å². The number of halogens is 3. The molecule has 0 saturated carbocycles. The standard InChI is InChI=1S/C34H44F3N5O3S2/c1-47(44,45)41-18-13-31-29(24-41)33(27-9-10-30(34(35,36)37)32(21-27)46-20-19-39-14-5-6-15-39)38-42(31)23-28(43)22-40-16-11-26(12-17-40)25-7-3-2-4-8-25/h2-4,7-10,21,26,28,43H,5-6,11-20,22-24H2,1H3. The maximum atomic E-state index is 14.1. The molecule has 13 heteroatoms. The lowest BCUT2D eigenvalue weighted by molar-refractivity contribution is -0.139. The van der Waals surface area contributed by atoms with Crippen molar-refractivity contribution in [3.63, 3.8) is 0 Å². The number of aliphatic hydroxyl groups excluding tert-OH is 1. The van der Waals surface area contributed by atoms with Gasteiger partial charge in [-0.25, -0.2) is 8.42 Å². The third-order valence-corrected chi connectivity index (χ3v) is 12.0. The van der Waals surface area contributed by atoms with Gasteiger partial charge in [0.15, 0.2) is 0 Å². The first kappa shape index (κ1) is 34.4. The summed E-state index contributed by atoms with van der Waals surface area (Å²) >= 11 is 1.20. The van der Waals surface area contributed by atoms with Crippen LogP contribution in [0.3, 0.4) is 0 Å². The molecule has 1 N–H and O–H groups in total. The van der Waals surface area contributed by atoms with Gasteiger partial charge in [-0.3, -0.25) is 4.68 Å². The van der Waals surface area contributed by atoms with Gasteiger partial charge in [-0.1, -0.05) is 36.4 Å². The number of sulfonamides is 1. The van der Waals surface area contributed by atoms with Crippen LogP contribution in [0.25, 0.3) is 11.3 Å². The fourth-order valence-corrected chi connectivity index (χ4v) is 9.08. The second-order valence-electron chi connectivity index (χ2n) is 13.0. The molecule has 8 nitrogen and oxygen atoms in total. The van der Waals surface area contributed by atoms with Crippen molar-refractivity contribution in [3.8, 4) is 11.3 Å². The highest BCUT2D eigenvalue weighted by molar-refractivity contribution is 7.99.